The molecule has 1 unspecified atom stereocenters. The molecular weight excluding hydrogens is 272 g/mol. The first kappa shape index (κ1) is 11.7. The van der Waals surface area contributed by atoms with E-state index in [9.17, 15) is 0 Å². The Kier molecular flexibility index (Phi) is 4.07. The minimum Gasteiger partial charge on any atom is -0.497 e. The van der Waals surface area contributed by atoms with Crippen LogP contribution in [0.25, 0.3) is 0 Å². The van der Waals surface area contributed by atoms with Crippen LogP contribution in [0, 0.1) is 0 Å². The van der Waals surface area contributed by atoms with Crippen LogP contribution in [0.15, 0.2) is 22.7 Å². The van der Waals surface area contributed by atoms with E-state index < -0.39 is 0 Å². The van der Waals surface area contributed by atoms with E-state index >= 15 is 0 Å². The SMILES string of the molecule is COc1ccc(OC2CCCOC2)c(Br)c1. The van der Waals surface area contributed by atoms with E-state index in [2.05, 4.69) is 15.9 Å². The van der Waals surface area contributed by atoms with Crippen molar-refractivity contribution in [2.75, 3.05) is 20.3 Å². The third-order valence-electron chi connectivity index (χ3n) is 2.55. The summed E-state index contributed by atoms with van der Waals surface area (Å²) in [6.45, 7) is 1.53. The Labute approximate surface area is 104 Å². The molecule has 0 bridgehead atoms. The minimum atomic E-state index is 0.165. The molecule has 88 valence electrons. The Morgan fingerprint density at radius 3 is 2.94 bits per heavy atom. The summed E-state index contributed by atoms with van der Waals surface area (Å²) in [5, 5.41) is 0. The highest BCUT2D eigenvalue weighted by Crippen LogP contribution is 2.30. The summed E-state index contributed by atoms with van der Waals surface area (Å²) in [6.07, 6.45) is 2.29. The summed E-state index contributed by atoms with van der Waals surface area (Å²) in [5.41, 5.74) is 0. The van der Waals surface area contributed by atoms with Gasteiger partial charge in [-0.2, -0.15) is 0 Å². The van der Waals surface area contributed by atoms with Gasteiger partial charge in [0, 0.05) is 6.61 Å². The standard InChI is InChI=1S/C12H15BrO3/c1-14-9-4-5-12(11(13)7-9)16-10-3-2-6-15-8-10/h4-5,7,10H,2-3,6,8H2,1H3. The minimum absolute atomic E-state index is 0.165. The number of hydrogen-bond acceptors (Lipinski definition) is 3. The van der Waals surface area contributed by atoms with Gasteiger partial charge < -0.3 is 14.2 Å². The molecule has 1 aliphatic rings. The quantitative estimate of drug-likeness (QED) is 0.855. The van der Waals surface area contributed by atoms with Crippen LogP contribution >= 0.6 is 15.9 Å². The second kappa shape index (κ2) is 5.55. The van der Waals surface area contributed by atoms with Crippen molar-refractivity contribution in [1.29, 1.82) is 0 Å². The van der Waals surface area contributed by atoms with E-state index in [1.54, 1.807) is 7.11 Å². The van der Waals surface area contributed by atoms with Crippen molar-refractivity contribution >= 4 is 15.9 Å². The largest absolute Gasteiger partial charge is 0.497 e. The number of benzene rings is 1. The number of hydrogen-bond donors (Lipinski definition) is 0. The Hall–Kier alpha value is -0.740. The van der Waals surface area contributed by atoms with E-state index in [0.717, 1.165) is 35.4 Å². The summed E-state index contributed by atoms with van der Waals surface area (Å²) >= 11 is 3.47. The maximum Gasteiger partial charge on any atom is 0.134 e. The fourth-order valence-corrected chi connectivity index (χ4v) is 2.14. The fraction of sp³-hybridized carbons (Fsp3) is 0.500. The smallest absolute Gasteiger partial charge is 0.134 e. The summed E-state index contributed by atoms with van der Waals surface area (Å²) < 4.78 is 17.3. The summed E-state index contributed by atoms with van der Waals surface area (Å²) in [5.74, 6) is 1.66. The second-order valence-corrected chi connectivity index (χ2v) is 4.61. The van der Waals surface area contributed by atoms with E-state index in [1.807, 2.05) is 18.2 Å². The molecule has 16 heavy (non-hydrogen) atoms. The van der Waals surface area contributed by atoms with Crippen LogP contribution < -0.4 is 9.47 Å². The highest BCUT2D eigenvalue weighted by Gasteiger charge is 2.16. The zero-order chi connectivity index (χ0) is 11.4. The number of rotatable bonds is 3. The normalized spacial score (nSPS) is 20.5. The van der Waals surface area contributed by atoms with Crippen LogP contribution in [-0.4, -0.2) is 26.4 Å². The van der Waals surface area contributed by atoms with Crippen LogP contribution in [-0.2, 0) is 4.74 Å². The summed E-state index contributed by atoms with van der Waals surface area (Å²) in [7, 11) is 1.65. The third-order valence-corrected chi connectivity index (χ3v) is 3.17. The van der Waals surface area contributed by atoms with Crippen LogP contribution in [0.5, 0.6) is 11.5 Å². The van der Waals surface area contributed by atoms with Gasteiger partial charge in [0.1, 0.15) is 17.6 Å². The van der Waals surface area contributed by atoms with Crippen molar-refractivity contribution in [2.24, 2.45) is 0 Å². The van der Waals surface area contributed by atoms with Gasteiger partial charge in [-0.25, -0.2) is 0 Å². The van der Waals surface area contributed by atoms with Crippen molar-refractivity contribution in [3.05, 3.63) is 22.7 Å². The van der Waals surface area contributed by atoms with Gasteiger partial charge in [-0.1, -0.05) is 0 Å². The van der Waals surface area contributed by atoms with Gasteiger partial charge in [0.05, 0.1) is 18.2 Å². The van der Waals surface area contributed by atoms with Crippen molar-refractivity contribution in [3.63, 3.8) is 0 Å². The van der Waals surface area contributed by atoms with Gasteiger partial charge in [-0.3, -0.25) is 0 Å². The van der Waals surface area contributed by atoms with Crippen LogP contribution in [0.4, 0.5) is 0 Å². The number of methoxy groups -OCH3 is 1. The lowest BCUT2D eigenvalue weighted by molar-refractivity contribution is 0.00709. The van der Waals surface area contributed by atoms with E-state index in [-0.39, 0.29) is 6.10 Å². The van der Waals surface area contributed by atoms with Crippen molar-refractivity contribution in [2.45, 2.75) is 18.9 Å². The molecule has 1 heterocycles. The van der Waals surface area contributed by atoms with Gasteiger partial charge in [-0.15, -0.1) is 0 Å². The van der Waals surface area contributed by atoms with Gasteiger partial charge in [0.2, 0.25) is 0 Å². The molecule has 1 saturated heterocycles. The molecule has 1 aromatic rings. The van der Waals surface area contributed by atoms with Crippen molar-refractivity contribution in [3.8, 4) is 11.5 Å². The third kappa shape index (κ3) is 2.89. The average molecular weight is 287 g/mol. The lowest BCUT2D eigenvalue weighted by atomic mass is 10.2. The molecule has 0 N–H and O–H groups in total. The molecule has 0 aliphatic carbocycles. The molecule has 0 radical (unpaired) electrons. The second-order valence-electron chi connectivity index (χ2n) is 3.75. The molecule has 1 aromatic carbocycles. The Morgan fingerprint density at radius 2 is 2.31 bits per heavy atom. The first-order valence-electron chi connectivity index (χ1n) is 5.37. The van der Waals surface area contributed by atoms with Crippen molar-refractivity contribution in [1.82, 2.24) is 0 Å². The molecule has 1 aliphatic heterocycles. The van der Waals surface area contributed by atoms with Gasteiger partial charge in [0.25, 0.3) is 0 Å². The molecule has 1 atom stereocenters. The van der Waals surface area contributed by atoms with Crippen LogP contribution in [0.2, 0.25) is 0 Å². The molecule has 1 fully saturated rings. The predicted octanol–water partition coefficient (Wildman–Crippen LogP) is 3.02. The van der Waals surface area contributed by atoms with E-state index in [1.165, 1.54) is 0 Å². The Balaban J connectivity index is 2.03. The van der Waals surface area contributed by atoms with Gasteiger partial charge in [-0.05, 0) is 47.0 Å². The van der Waals surface area contributed by atoms with Crippen LogP contribution in [0.1, 0.15) is 12.8 Å². The van der Waals surface area contributed by atoms with Gasteiger partial charge >= 0.3 is 0 Å². The fourth-order valence-electron chi connectivity index (χ4n) is 1.69. The molecular formula is C12H15BrO3. The molecule has 0 amide bonds. The Bertz CT molecular complexity index is 348. The first-order valence-corrected chi connectivity index (χ1v) is 6.17. The van der Waals surface area contributed by atoms with Crippen molar-refractivity contribution < 1.29 is 14.2 Å². The maximum absolute atomic E-state index is 5.86. The number of halogens is 1. The topological polar surface area (TPSA) is 27.7 Å². The summed E-state index contributed by atoms with van der Waals surface area (Å²) in [6, 6.07) is 5.71. The Morgan fingerprint density at radius 1 is 1.44 bits per heavy atom. The zero-order valence-corrected chi connectivity index (χ0v) is 10.8. The predicted molar refractivity (Wildman–Crippen MR) is 65.2 cm³/mol. The monoisotopic (exact) mass is 286 g/mol. The van der Waals surface area contributed by atoms with E-state index in [0.29, 0.717) is 6.61 Å². The summed E-state index contributed by atoms with van der Waals surface area (Å²) in [4.78, 5) is 0. The molecule has 3 nitrogen and oxygen atoms in total. The van der Waals surface area contributed by atoms with Gasteiger partial charge in [0.15, 0.2) is 0 Å². The molecule has 0 spiro atoms. The lowest BCUT2D eigenvalue weighted by Crippen LogP contribution is -2.28. The number of ether oxygens (including phenoxy) is 3. The highest BCUT2D eigenvalue weighted by atomic mass is 79.9. The zero-order valence-electron chi connectivity index (χ0n) is 9.24. The molecule has 0 saturated carbocycles. The molecule has 2 rings (SSSR count). The highest BCUT2D eigenvalue weighted by molar-refractivity contribution is 9.10. The maximum atomic E-state index is 5.86. The average Bonchev–Trinajstić information content (AvgIpc) is 2.33. The van der Waals surface area contributed by atoms with Crippen LogP contribution in [0.3, 0.4) is 0 Å². The molecule has 0 aromatic heterocycles. The van der Waals surface area contributed by atoms with E-state index in [4.69, 9.17) is 14.2 Å². The molecule has 4 heteroatoms. The first-order chi connectivity index (χ1) is 7.79. The lowest BCUT2D eigenvalue weighted by Gasteiger charge is -2.23.